The largest absolute Gasteiger partial charge is 0.493 e. The number of aryl methyl sites for hydroxylation is 1. The fourth-order valence-corrected chi connectivity index (χ4v) is 3.02. The van der Waals surface area contributed by atoms with E-state index in [1.54, 1.807) is 37.4 Å². The van der Waals surface area contributed by atoms with Gasteiger partial charge in [-0.05, 0) is 43.2 Å². The van der Waals surface area contributed by atoms with Gasteiger partial charge < -0.3 is 14.0 Å². The third-order valence-corrected chi connectivity index (χ3v) is 4.24. The van der Waals surface area contributed by atoms with E-state index in [4.69, 9.17) is 9.47 Å². The Balaban J connectivity index is 1.71. The first-order chi connectivity index (χ1) is 13.4. The number of alkyl halides is 3. The lowest BCUT2D eigenvalue weighted by atomic mass is 10.2. The molecule has 28 heavy (non-hydrogen) atoms. The van der Waals surface area contributed by atoms with Crippen LogP contribution in [0.15, 0.2) is 48.5 Å². The van der Waals surface area contributed by atoms with Crippen molar-refractivity contribution in [3.8, 4) is 11.5 Å². The first-order valence-electron chi connectivity index (χ1n) is 8.90. The fraction of sp³-hybridized carbons (Fsp3) is 0.286. The third kappa shape index (κ3) is 4.30. The number of ether oxygens (including phenoxy) is 2. The highest BCUT2D eigenvalue weighted by atomic mass is 19.4. The zero-order valence-corrected chi connectivity index (χ0v) is 15.7. The van der Waals surface area contributed by atoms with E-state index in [0.717, 1.165) is 5.56 Å². The second-order valence-corrected chi connectivity index (χ2v) is 6.19. The maximum Gasteiger partial charge on any atom is 0.449 e. The zero-order valence-electron chi connectivity index (χ0n) is 15.7. The van der Waals surface area contributed by atoms with Crippen LogP contribution in [0, 0.1) is 0 Å². The van der Waals surface area contributed by atoms with E-state index in [-0.39, 0.29) is 13.2 Å². The van der Waals surface area contributed by atoms with Crippen molar-refractivity contribution in [1.82, 2.24) is 9.55 Å². The van der Waals surface area contributed by atoms with Crippen molar-refractivity contribution in [3.63, 3.8) is 0 Å². The average molecular weight is 390 g/mol. The molecule has 0 aliphatic carbocycles. The number of rotatable bonds is 7. The van der Waals surface area contributed by atoms with E-state index >= 15 is 0 Å². The molecule has 0 unspecified atom stereocenters. The molecule has 0 atom stereocenters. The van der Waals surface area contributed by atoms with Gasteiger partial charge in [-0.15, -0.1) is 0 Å². The predicted molar refractivity (Wildman–Crippen MR) is 103 cm³/mol. The van der Waals surface area contributed by atoms with Crippen molar-refractivity contribution in [2.75, 3.05) is 13.7 Å². The first kappa shape index (κ1) is 19.8. The highest BCUT2D eigenvalue weighted by Gasteiger charge is 2.37. The molecule has 0 amide bonds. The lowest BCUT2D eigenvalue weighted by molar-refractivity contribution is -0.147. The van der Waals surface area contributed by atoms with Gasteiger partial charge in [0.2, 0.25) is 5.82 Å². The van der Waals surface area contributed by atoms with Crippen LogP contribution in [0.3, 0.4) is 0 Å². The number of hydrogen-bond acceptors (Lipinski definition) is 3. The molecular weight excluding hydrogens is 369 g/mol. The molecule has 3 aromatic rings. The lowest BCUT2D eigenvalue weighted by Gasteiger charge is -2.13. The lowest BCUT2D eigenvalue weighted by Crippen LogP contribution is -2.16. The third-order valence-electron chi connectivity index (χ3n) is 4.24. The normalized spacial score (nSPS) is 12.0. The fourth-order valence-electron chi connectivity index (χ4n) is 3.02. The minimum Gasteiger partial charge on any atom is -0.493 e. The molecule has 0 aliphatic rings. The second kappa shape index (κ2) is 8.37. The highest BCUT2D eigenvalue weighted by Crippen LogP contribution is 2.32. The quantitative estimate of drug-likeness (QED) is 0.495. The van der Waals surface area contributed by atoms with Crippen LogP contribution in [0.2, 0.25) is 0 Å². The summed E-state index contributed by atoms with van der Waals surface area (Å²) in [6.45, 7) is 2.32. The molecule has 0 bridgehead atoms. The first-order valence-corrected chi connectivity index (χ1v) is 8.90. The zero-order chi connectivity index (χ0) is 20.1. The number of hydrogen-bond donors (Lipinski definition) is 0. The standard InChI is InChI=1S/C21H21F3N2O2/c1-3-7-15-10-11-18(19(14-15)27-2)28-13-6-12-26-17-9-5-4-8-16(17)25-20(26)21(22,23)24/h3-5,7-11,14H,6,12-13H2,1-2H3/b7-3+. The summed E-state index contributed by atoms with van der Waals surface area (Å²) in [6, 6.07) is 12.1. The van der Waals surface area contributed by atoms with Gasteiger partial charge in [-0.3, -0.25) is 0 Å². The maximum absolute atomic E-state index is 13.3. The number of benzene rings is 2. The van der Waals surface area contributed by atoms with Crippen LogP contribution in [0.4, 0.5) is 13.2 Å². The van der Waals surface area contributed by atoms with Gasteiger partial charge in [0.1, 0.15) is 0 Å². The average Bonchev–Trinajstić information content (AvgIpc) is 3.05. The number of nitrogens with zero attached hydrogens (tertiary/aromatic N) is 2. The Morgan fingerprint density at radius 2 is 1.89 bits per heavy atom. The summed E-state index contributed by atoms with van der Waals surface area (Å²) in [7, 11) is 1.55. The summed E-state index contributed by atoms with van der Waals surface area (Å²) >= 11 is 0. The molecular formula is C21H21F3N2O2. The van der Waals surface area contributed by atoms with Gasteiger partial charge in [0.25, 0.3) is 0 Å². The summed E-state index contributed by atoms with van der Waals surface area (Å²) in [4.78, 5) is 3.75. The minimum absolute atomic E-state index is 0.147. The SMILES string of the molecule is C/C=C/c1ccc(OCCCn2c(C(F)(F)F)nc3ccccc32)c(OC)c1. The van der Waals surface area contributed by atoms with Crippen LogP contribution >= 0.6 is 0 Å². The Labute approximate surface area is 161 Å². The van der Waals surface area contributed by atoms with Crippen LogP contribution in [-0.4, -0.2) is 23.3 Å². The monoisotopic (exact) mass is 390 g/mol. The Morgan fingerprint density at radius 1 is 1.11 bits per heavy atom. The molecule has 0 spiro atoms. The van der Waals surface area contributed by atoms with E-state index in [1.807, 2.05) is 31.2 Å². The van der Waals surface area contributed by atoms with Gasteiger partial charge in [-0.1, -0.05) is 30.4 Å². The number of methoxy groups -OCH3 is 1. The van der Waals surface area contributed by atoms with E-state index < -0.39 is 12.0 Å². The van der Waals surface area contributed by atoms with Crippen LogP contribution in [0.1, 0.15) is 24.7 Å². The number of halogens is 3. The van der Waals surface area contributed by atoms with Gasteiger partial charge >= 0.3 is 6.18 Å². The Kier molecular flexibility index (Phi) is 5.92. The molecule has 7 heteroatoms. The Morgan fingerprint density at radius 3 is 2.61 bits per heavy atom. The minimum atomic E-state index is -4.51. The molecule has 1 aromatic heterocycles. The van der Waals surface area contributed by atoms with Gasteiger partial charge in [0.05, 0.1) is 24.8 Å². The number of para-hydroxylation sites is 2. The number of imidazole rings is 1. The Bertz CT molecular complexity index is 977. The molecule has 0 saturated carbocycles. The summed E-state index contributed by atoms with van der Waals surface area (Å²) in [5.41, 5.74) is 1.77. The number of fused-ring (bicyclic) bond motifs is 1. The molecule has 0 radical (unpaired) electrons. The van der Waals surface area contributed by atoms with E-state index in [0.29, 0.717) is 29.0 Å². The van der Waals surface area contributed by atoms with Gasteiger partial charge in [0, 0.05) is 6.54 Å². The molecule has 0 saturated heterocycles. The Hall–Kier alpha value is -2.96. The molecule has 148 valence electrons. The van der Waals surface area contributed by atoms with Crippen molar-refractivity contribution in [1.29, 1.82) is 0 Å². The van der Waals surface area contributed by atoms with Crippen LogP contribution in [-0.2, 0) is 12.7 Å². The van der Waals surface area contributed by atoms with E-state index in [2.05, 4.69) is 4.98 Å². The van der Waals surface area contributed by atoms with Crippen LogP contribution in [0.25, 0.3) is 17.1 Å². The highest BCUT2D eigenvalue weighted by molar-refractivity contribution is 5.76. The smallest absolute Gasteiger partial charge is 0.449 e. The molecule has 2 aromatic carbocycles. The van der Waals surface area contributed by atoms with Crippen LogP contribution < -0.4 is 9.47 Å². The second-order valence-electron chi connectivity index (χ2n) is 6.19. The van der Waals surface area contributed by atoms with Gasteiger partial charge in [-0.25, -0.2) is 4.98 Å². The van der Waals surface area contributed by atoms with E-state index in [1.165, 1.54) is 4.57 Å². The molecule has 1 heterocycles. The van der Waals surface area contributed by atoms with Gasteiger partial charge in [0.15, 0.2) is 11.5 Å². The molecule has 4 nitrogen and oxygen atoms in total. The molecule has 3 rings (SSSR count). The number of allylic oxidation sites excluding steroid dienone is 1. The summed E-state index contributed by atoms with van der Waals surface area (Å²) in [5.74, 6) is 0.254. The molecule has 0 fully saturated rings. The van der Waals surface area contributed by atoms with Crippen molar-refractivity contribution < 1.29 is 22.6 Å². The van der Waals surface area contributed by atoms with Crippen LogP contribution in [0.5, 0.6) is 11.5 Å². The van der Waals surface area contributed by atoms with Crippen molar-refractivity contribution in [2.45, 2.75) is 26.1 Å². The molecule has 0 aliphatic heterocycles. The molecule has 0 N–H and O–H groups in total. The van der Waals surface area contributed by atoms with Gasteiger partial charge in [-0.2, -0.15) is 13.2 Å². The van der Waals surface area contributed by atoms with Crippen molar-refractivity contribution >= 4 is 17.1 Å². The topological polar surface area (TPSA) is 36.3 Å². The maximum atomic E-state index is 13.3. The summed E-state index contributed by atoms with van der Waals surface area (Å²) in [6.07, 6.45) is -0.257. The summed E-state index contributed by atoms with van der Waals surface area (Å²) < 4.78 is 52.2. The summed E-state index contributed by atoms with van der Waals surface area (Å²) in [5, 5.41) is 0. The number of aromatic nitrogens is 2. The van der Waals surface area contributed by atoms with Crippen molar-refractivity contribution in [2.24, 2.45) is 0 Å². The van der Waals surface area contributed by atoms with Crippen molar-refractivity contribution in [3.05, 3.63) is 59.9 Å². The van der Waals surface area contributed by atoms with E-state index in [9.17, 15) is 13.2 Å². The predicted octanol–water partition coefficient (Wildman–Crippen LogP) is 5.57.